The maximum atomic E-state index is 12.0. The number of hydrogen-bond acceptors (Lipinski definition) is 3. The minimum absolute atomic E-state index is 0.140. The van der Waals surface area contributed by atoms with Crippen LogP contribution in [0.1, 0.15) is 19.4 Å². The van der Waals surface area contributed by atoms with Gasteiger partial charge in [-0.05, 0) is 24.6 Å². The molecule has 3 N–H and O–H groups in total. The summed E-state index contributed by atoms with van der Waals surface area (Å²) in [6.45, 7) is 3.19. The first-order chi connectivity index (χ1) is 9.40. The molecule has 1 rings (SSSR count). The van der Waals surface area contributed by atoms with Crippen LogP contribution in [0.4, 0.5) is 8.78 Å². The van der Waals surface area contributed by atoms with E-state index in [2.05, 4.69) is 5.32 Å². The SMILES string of the molecule is CC(N)C(C)C(=O)NCc1cccc(OCC(F)F)c1. The average molecular weight is 286 g/mol. The van der Waals surface area contributed by atoms with E-state index in [0.29, 0.717) is 12.3 Å². The Labute approximate surface area is 117 Å². The summed E-state index contributed by atoms with van der Waals surface area (Å²) >= 11 is 0. The van der Waals surface area contributed by atoms with Gasteiger partial charge in [-0.3, -0.25) is 4.79 Å². The predicted molar refractivity (Wildman–Crippen MR) is 72.6 cm³/mol. The molecule has 1 amide bonds. The van der Waals surface area contributed by atoms with Crippen LogP contribution < -0.4 is 15.8 Å². The largest absolute Gasteiger partial charge is 0.488 e. The molecule has 2 atom stereocenters. The van der Waals surface area contributed by atoms with Crippen molar-refractivity contribution < 1.29 is 18.3 Å². The van der Waals surface area contributed by atoms with Gasteiger partial charge in [0.05, 0.1) is 0 Å². The number of rotatable bonds is 7. The number of hydrogen-bond donors (Lipinski definition) is 2. The van der Waals surface area contributed by atoms with Gasteiger partial charge in [-0.25, -0.2) is 8.78 Å². The van der Waals surface area contributed by atoms with Crippen LogP contribution in [-0.4, -0.2) is 25.0 Å². The van der Waals surface area contributed by atoms with Crippen molar-refractivity contribution in [3.63, 3.8) is 0 Å². The van der Waals surface area contributed by atoms with Gasteiger partial charge in [0.25, 0.3) is 6.43 Å². The topological polar surface area (TPSA) is 64.4 Å². The summed E-state index contributed by atoms with van der Waals surface area (Å²) in [5.74, 6) is -0.0653. The first kappa shape index (κ1) is 16.4. The van der Waals surface area contributed by atoms with E-state index in [-0.39, 0.29) is 17.9 Å². The van der Waals surface area contributed by atoms with Crippen molar-refractivity contribution in [2.24, 2.45) is 11.7 Å². The van der Waals surface area contributed by atoms with E-state index in [9.17, 15) is 13.6 Å². The Morgan fingerprint density at radius 1 is 1.40 bits per heavy atom. The smallest absolute Gasteiger partial charge is 0.272 e. The Morgan fingerprint density at radius 3 is 2.70 bits per heavy atom. The number of carbonyl (C=O) groups excluding carboxylic acids is 1. The maximum absolute atomic E-state index is 12.0. The molecule has 0 saturated heterocycles. The van der Waals surface area contributed by atoms with E-state index in [1.165, 1.54) is 0 Å². The second-order valence-corrected chi connectivity index (χ2v) is 4.72. The molecule has 0 aliphatic rings. The van der Waals surface area contributed by atoms with Crippen LogP contribution in [0, 0.1) is 5.92 Å². The van der Waals surface area contributed by atoms with Crippen LogP contribution in [0.5, 0.6) is 5.75 Å². The zero-order valence-electron chi connectivity index (χ0n) is 11.6. The molecule has 0 fully saturated rings. The fraction of sp³-hybridized carbons (Fsp3) is 0.500. The predicted octanol–water partition coefficient (Wildman–Crippen LogP) is 1.93. The van der Waals surface area contributed by atoms with Crippen molar-refractivity contribution in [1.82, 2.24) is 5.32 Å². The normalized spacial score (nSPS) is 13.9. The van der Waals surface area contributed by atoms with Crippen molar-refractivity contribution in [1.29, 1.82) is 0 Å². The molecule has 0 aliphatic heterocycles. The van der Waals surface area contributed by atoms with Crippen molar-refractivity contribution >= 4 is 5.91 Å². The Hall–Kier alpha value is -1.69. The molecule has 0 heterocycles. The summed E-state index contributed by atoms with van der Waals surface area (Å²) in [7, 11) is 0. The Morgan fingerprint density at radius 2 is 2.10 bits per heavy atom. The second kappa shape index (κ2) is 7.79. The van der Waals surface area contributed by atoms with E-state index < -0.39 is 13.0 Å². The molecule has 4 nitrogen and oxygen atoms in total. The van der Waals surface area contributed by atoms with Gasteiger partial charge in [0, 0.05) is 18.5 Å². The van der Waals surface area contributed by atoms with Gasteiger partial charge in [0.15, 0.2) is 0 Å². The van der Waals surface area contributed by atoms with Gasteiger partial charge in [-0.2, -0.15) is 0 Å². The lowest BCUT2D eigenvalue weighted by Gasteiger charge is -2.15. The molecule has 2 unspecified atom stereocenters. The Bertz CT molecular complexity index is 439. The van der Waals surface area contributed by atoms with Crippen molar-refractivity contribution in [2.75, 3.05) is 6.61 Å². The minimum Gasteiger partial charge on any atom is -0.488 e. The van der Waals surface area contributed by atoms with Gasteiger partial charge in [-0.15, -0.1) is 0 Å². The van der Waals surface area contributed by atoms with Gasteiger partial charge in [0.1, 0.15) is 12.4 Å². The van der Waals surface area contributed by atoms with E-state index in [1.54, 1.807) is 38.1 Å². The van der Waals surface area contributed by atoms with Crippen LogP contribution in [0.2, 0.25) is 0 Å². The summed E-state index contributed by atoms with van der Waals surface area (Å²) in [6, 6.07) is 6.47. The number of nitrogens with one attached hydrogen (secondary N) is 1. The number of amides is 1. The standard InChI is InChI=1S/C14H20F2N2O2/c1-9(10(2)17)14(19)18-7-11-4-3-5-12(6-11)20-8-13(15)16/h3-6,9-10,13H,7-8,17H2,1-2H3,(H,18,19). The summed E-state index contributed by atoms with van der Waals surface area (Å²) in [6.07, 6.45) is -2.51. The highest BCUT2D eigenvalue weighted by molar-refractivity contribution is 5.78. The van der Waals surface area contributed by atoms with Gasteiger partial charge < -0.3 is 15.8 Å². The van der Waals surface area contributed by atoms with Crippen LogP contribution in [0.3, 0.4) is 0 Å². The van der Waals surface area contributed by atoms with Crippen LogP contribution in [-0.2, 0) is 11.3 Å². The number of ether oxygens (including phenoxy) is 1. The fourth-order valence-corrected chi connectivity index (χ4v) is 1.49. The summed E-state index contributed by atoms with van der Waals surface area (Å²) in [5.41, 5.74) is 6.43. The molecule has 20 heavy (non-hydrogen) atoms. The molecule has 0 bridgehead atoms. The third kappa shape index (κ3) is 5.52. The number of alkyl halides is 2. The molecular weight excluding hydrogens is 266 g/mol. The molecule has 1 aromatic rings. The number of halogens is 2. The highest BCUT2D eigenvalue weighted by atomic mass is 19.3. The molecule has 0 aromatic heterocycles. The molecule has 1 aromatic carbocycles. The molecular formula is C14H20F2N2O2. The fourth-order valence-electron chi connectivity index (χ4n) is 1.49. The lowest BCUT2D eigenvalue weighted by molar-refractivity contribution is -0.125. The molecule has 0 spiro atoms. The minimum atomic E-state index is -2.51. The van der Waals surface area contributed by atoms with E-state index >= 15 is 0 Å². The number of nitrogens with two attached hydrogens (primary N) is 1. The zero-order valence-corrected chi connectivity index (χ0v) is 11.6. The van der Waals surface area contributed by atoms with Gasteiger partial charge >= 0.3 is 0 Å². The van der Waals surface area contributed by atoms with Crippen LogP contribution >= 0.6 is 0 Å². The second-order valence-electron chi connectivity index (χ2n) is 4.72. The third-order valence-electron chi connectivity index (χ3n) is 2.94. The summed E-state index contributed by atoms with van der Waals surface area (Å²) in [4.78, 5) is 11.7. The lowest BCUT2D eigenvalue weighted by atomic mass is 10.0. The molecule has 112 valence electrons. The summed E-state index contributed by atoms with van der Waals surface area (Å²) in [5, 5.41) is 2.75. The van der Waals surface area contributed by atoms with E-state index in [1.807, 2.05) is 0 Å². The first-order valence-electron chi connectivity index (χ1n) is 6.43. The molecule has 0 aliphatic carbocycles. The molecule has 0 saturated carbocycles. The van der Waals surface area contributed by atoms with E-state index in [4.69, 9.17) is 10.5 Å². The first-order valence-corrected chi connectivity index (χ1v) is 6.43. The molecule has 6 heteroatoms. The highest BCUT2D eigenvalue weighted by Crippen LogP contribution is 2.14. The van der Waals surface area contributed by atoms with Gasteiger partial charge in [-0.1, -0.05) is 19.1 Å². The monoisotopic (exact) mass is 286 g/mol. The third-order valence-corrected chi connectivity index (χ3v) is 2.94. The Kier molecular flexibility index (Phi) is 6.38. The maximum Gasteiger partial charge on any atom is 0.272 e. The van der Waals surface area contributed by atoms with Crippen molar-refractivity contribution in [3.05, 3.63) is 29.8 Å². The Balaban J connectivity index is 2.52. The quantitative estimate of drug-likeness (QED) is 0.805. The molecule has 0 radical (unpaired) electrons. The summed E-state index contributed by atoms with van der Waals surface area (Å²) < 4.78 is 29.0. The average Bonchev–Trinajstić information content (AvgIpc) is 2.42. The van der Waals surface area contributed by atoms with Crippen LogP contribution in [0.25, 0.3) is 0 Å². The van der Waals surface area contributed by atoms with Crippen molar-refractivity contribution in [3.8, 4) is 5.75 Å². The highest BCUT2D eigenvalue weighted by Gasteiger charge is 2.16. The number of carbonyl (C=O) groups is 1. The van der Waals surface area contributed by atoms with E-state index in [0.717, 1.165) is 5.56 Å². The number of benzene rings is 1. The lowest BCUT2D eigenvalue weighted by Crippen LogP contribution is -2.38. The van der Waals surface area contributed by atoms with Crippen LogP contribution in [0.15, 0.2) is 24.3 Å². The van der Waals surface area contributed by atoms with Gasteiger partial charge in [0.2, 0.25) is 5.91 Å². The zero-order chi connectivity index (χ0) is 15.1. The van der Waals surface area contributed by atoms with Crippen molar-refractivity contribution in [2.45, 2.75) is 32.9 Å².